The van der Waals surface area contributed by atoms with E-state index in [-0.39, 0.29) is 5.97 Å². The molecule has 0 aliphatic heterocycles. The van der Waals surface area contributed by atoms with Crippen LogP contribution in [0, 0.1) is 5.92 Å². The van der Waals surface area contributed by atoms with E-state index in [1.165, 1.54) is 83.5 Å². The molecule has 0 spiro atoms. The highest BCUT2D eigenvalue weighted by atomic mass is 16.6. The molecule has 1 unspecified atom stereocenters. The van der Waals surface area contributed by atoms with Crippen molar-refractivity contribution in [2.24, 2.45) is 5.92 Å². The summed E-state index contributed by atoms with van der Waals surface area (Å²) < 4.78 is 27.8. The molecule has 37 heavy (non-hydrogen) atoms. The van der Waals surface area contributed by atoms with Gasteiger partial charge in [0.05, 0.1) is 46.2 Å². The average molecular weight is 531 g/mol. The van der Waals surface area contributed by atoms with Gasteiger partial charge in [-0.2, -0.15) is 0 Å². The molecular formula is C31H62O6. The van der Waals surface area contributed by atoms with Crippen LogP contribution in [-0.2, 0) is 28.5 Å². The van der Waals surface area contributed by atoms with E-state index in [1.807, 2.05) is 0 Å². The third kappa shape index (κ3) is 29.7. The summed E-state index contributed by atoms with van der Waals surface area (Å²) in [5.41, 5.74) is 0. The standard InChI is InChI=1S/C31H62O6/c1-4-7-10-12-13-14-16-21-33-23-25-35-27-28-36-26-24-34-22-17-20-31(32)37-29-30(18-9-6-3)19-15-11-8-5-2/h30H,4-29H2,1-3H3. The zero-order valence-corrected chi connectivity index (χ0v) is 24.9. The Kier molecular flexibility index (Phi) is 30.9. The van der Waals surface area contributed by atoms with Gasteiger partial charge in [-0.15, -0.1) is 0 Å². The summed E-state index contributed by atoms with van der Waals surface area (Å²) in [5, 5.41) is 0. The van der Waals surface area contributed by atoms with Gasteiger partial charge in [-0.05, 0) is 31.6 Å². The molecular weight excluding hydrogens is 468 g/mol. The van der Waals surface area contributed by atoms with E-state index in [0.717, 1.165) is 19.4 Å². The van der Waals surface area contributed by atoms with Gasteiger partial charge >= 0.3 is 5.97 Å². The smallest absolute Gasteiger partial charge is 0.305 e. The predicted octanol–water partition coefficient (Wildman–Crippen LogP) is 7.90. The molecule has 0 saturated heterocycles. The van der Waals surface area contributed by atoms with Crippen molar-refractivity contribution in [3.8, 4) is 0 Å². The first-order valence-corrected chi connectivity index (χ1v) is 15.7. The topological polar surface area (TPSA) is 63.2 Å². The van der Waals surface area contributed by atoms with Crippen molar-refractivity contribution < 1.29 is 28.5 Å². The van der Waals surface area contributed by atoms with Gasteiger partial charge in [-0.1, -0.05) is 97.8 Å². The summed E-state index contributed by atoms with van der Waals surface area (Å²) in [6.07, 6.45) is 20.1. The molecule has 222 valence electrons. The molecule has 0 aromatic rings. The molecule has 0 aromatic carbocycles. The van der Waals surface area contributed by atoms with Crippen LogP contribution in [0.3, 0.4) is 0 Å². The first kappa shape index (κ1) is 36.3. The number of hydrogen-bond donors (Lipinski definition) is 0. The van der Waals surface area contributed by atoms with Crippen molar-refractivity contribution in [3.63, 3.8) is 0 Å². The van der Waals surface area contributed by atoms with Gasteiger partial charge in [0.15, 0.2) is 0 Å². The van der Waals surface area contributed by atoms with E-state index in [9.17, 15) is 4.79 Å². The molecule has 0 amide bonds. The molecule has 0 aliphatic rings. The fourth-order valence-electron chi connectivity index (χ4n) is 4.19. The van der Waals surface area contributed by atoms with E-state index in [0.29, 0.717) is 71.6 Å². The number of esters is 1. The van der Waals surface area contributed by atoms with Crippen molar-refractivity contribution in [1.29, 1.82) is 0 Å². The van der Waals surface area contributed by atoms with Gasteiger partial charge in [-0.3, -0.25) is 4.79 Å². The molecule has 6 heteroatoms. The van der Waals surface area contributed by atoms with Crippen LogP contribution in [0.5, 0.6) is 0 Å². The zero-order valence-electron chi connectivity index (χ0n) is 24.9. The monoisotopic (exact) mass is 530 g/mol. The fourth-order valence-corrected chi connectivity index (χ4v) is 4.19. The highest BCUT2D eigenvalue weighted by Crippen LogP contribution is 2.18. The van der Waals surface area contributed by atoms with E-state index in [4.69, 9.17) is 23.7 Å². The fraction of sp³-hybridized carbons (Fsp3) is 0.968. The van der Waals surface area contributed by atoms with Crippen LogP contribution in [0.4, 0.5) is 0 Å². The lowest BCUT2D eigenvalue weighted by molar-refractivity contribution is -0.145. The highest BCUT2D eigenvalue weighted by molar-refractivity contribution is 5.69. The molecule has 0 aromatic heterocycles. The second kappa shape index (κ2) is 31.5. The maximum atomic E-state index is 12.1. The normalized spacial score (nSPS) is 12.2. The highest BCUT2D eigenvalue weighted by Gasteiger charge is 2.12. The Hall–Kier alpha value is -0.690. The summed E-state index contributed by atoms with van der Waals surface area (Å²) in [4.78, 5) is 12.1. The summed E-state index contributed by atoms with van der Waals surface area (Å²) in [5.74, 6) is 0.416. The Labute approximate surface area is 229 Å². The molecule has 0 rings (SSSR count). The second-order valence-corrected chi connectivity index (χ2v) is 10.2. The van der Waals surface area contributed by atoms with Gasteiger partial charge in [0.25, 0.3) is 0 Å². The van der Waals surface area contributed by atoms with E-state index in [1.54, 1.807) is 0 Å². The lowest BCUT2D eigenvalue weighted by atomic mass is 9.96. The van der Waals surface area contributed by atoms with E-state index >= 15 is 0 Å². The predicted molar refractivity (Wildman–Crippen MR) is 153 cm³/mol. The number of carbonyl (C=O) groups excluding carboxylic acids is 1. The molecule has 0 aliphatic carbocycles. The van der Waals surface area contributed by atoms with Crippen LogP contribution in [0.2, 0.25) is 0 Å². The van der Waals surface area contributed by atoms with Gasteiger partial charge in [0, 0.05) is 19.6 Å². The van der Waals surface area contributed by atoms with Crippen molar-refractivity contribution in [2.75, 3.05) is 59.5 Å². The Morgan fingerprint density at radius 1 is 0.486 bits per heavy atom. The Morgan fingerprint density at radius 3 is 1.49 bits per heavy atom. The number of hydrogen-bond acceptors (Lipinski definition) is 6. The number of ether oxygens (including phenoxy) is 5. The molecule has 6 nitrogen and oxygen atoms in total. The van der Waals surface area contributed by atoms with Gasteiger partial charge in [0.2, 0.25) is 0 Å². The maximum Gasteiger partial charge on any atom is 0.305 e. The maximum absolute atomic E-state index is 12.1. The Bertz CT molecular complexity index is 445. The first-order chi connectivity index (χ1) is 18.2. The minimum Gasteiger partial charge on any atom is -0.465 e. The van der Waals surface area contributed by atoms with Crippen LogP contribution >= 0.6 is 0 Å². The summed E-state index contributed by atoms with van der Waals surface area (Å²) in [6, 6.07) is 0. The van der Waals surface area contributed by atoms with Crippen molar-refractivity contribution in [2.45, 2.75) is 130 Å². The van der Waals surface area contributed by atoms with Gasteiger partial charge < -0.3 is 23.7 Å². The number of unbranched alkanes of at least 4 members (excludes halogenated alkanes) is 10. The second-order valence-electron chi connectivity index (χ2n) is 10.2. The van der Waals surface area contributed by atoms with Crippen molar-refractivity contribution in [3.05, 3.63) is 0 Å². The van der Waals surface area contributed by atoms with Gasteiger partial charge in [0.1, 0.15) is 0 Å². The molecule has 0 saturated carbocycles. The first-order valence-electron chi connectivity index (χ1n) is 15.7. The van der Waals surface area contributed by atoms with Crippen molar-refractivity contribution in [1.82, 2.24) is 0 Å². The molecule has 0 radical (unpaired) electrons. The SMILES string of the molecule is CCCCCCCCCOCCOCCOCCOCCCC(=O)OCC(CCCC)CCCCCC. The minimum atomic E-state index is -0.0987. The summed E-state index contributed by atoms with van der Waals surface area (Å²) >= 11 is 0. The van der Waals surface area contributed by atoms with E-state index in [2.05, 4.69) is 20.8 Å². The van der Waals surface area contributed by atoms with Crippen LogP contribution in [-0.4, -0.2) is 65.4 Å². The molecule has 0 N–H and O–H groups in total. The zero-order chi connectivity index (χ0) is 27.1. The average Bonchev–Trinajstić information content (AvgIpc) is 2.91. The third-order valence-corrected chi connectivity index (χ3v) is 6.59. The van der Waals surface area contributed by atoms with Crippen LogP contribution in [0.25, 0.3) is 0 Å². The van der Waals surface area contributed by atoms with Crippen LogP contribution < -0.4 is 0 Å². The molecule has 0 heterocycles. The Morgan fingerprint density at radius 2 is 0.919 bits per heavy atom. The largest absolute Gasteiger partial charge is 0.465 e. The molecule has 0 bridgehead atoms. The summed E-state index contributed by atoms with van der Waals surface area (Å²) in [6.45, 7) is 12.2. The number of rotatable bonds is 31. The van der Waals surface area contributed by atoms with Crippen LogP contribution in [0.1, 0.15) is 130 Å². The lowest BCUT2D eigenvalue weighted by Crippen LogP contribution is -2.15. The van der Waals surface area contributed by atoms with Gasteiger partial charge in [-0.25, -0.2) is 0 Å². The van der Waals surface area contributed by atoms with Crippen molar-refractivity contribution >= 4 is 5.97 Å². The molecule has 0 fully saturated rings. The summed E-state index contributed by atoms with van der Waals surface area (Å²) in [7, 11) is 0. The minimum absolute atomic E-state index is 0.0987. The van der Waals surface area contributed by atoms with Crippen LogP contribution in [0.15, 0.2) is 0 Å². The van der Waals surface area contributed by atoms with E-state index < -0.39 is 0 Å². The number of carbonyl (C=O) groups is 1. The third-order valence-electron chi connectivity index (χ3n) is 6.59. The Balaban J connectivity index is 3.38. The lowest BCUT2D eigenvalue weighted by Gasteiger charge is -2.16. The quantitative estimate of drug-likeness (QED) is 0.0670. The molecule has 1 atom stereocenters.